The largest absolute Gasteiger partial charge is 0.488 e. The first-order chi connectivity index (χ1) is 14.1. The fraction of sp³-hybridized carbons (Fsp3) is 0.318. The van der Waals surface area contributed by atoms with Crippen LogP contribution >= 0.6 is 0 Å². The average Bonchev–Trinajstić information content (AvgIpc) is 3.24. The highest BCUT2D eigenvalue weighted by atomic mass is 16.5. The van der Waals surface area contributed by atoms with E-state index < -0.39 is 24.5 Å². The van der Waals surface area contributed by atoms with Crippen LogP contribution in [0.25, 0.3) is 0 Å². The molecule has 1 aliphatic carbocycles. The number of ether oxygens (including phenoxy) is 2. The Bertz CT molecular complexity index is 847. The second-order valence-corrected chi connectivity index (χ2v) is 6.85. The molecule has 0 aromatic heterocycles. The Kier molecular flexibility index (Phi) is 7.22. The molecule has 7 heteroatoms. The van der Waals surface area contributed by atoms with Crippen LogP contribution in [0.4, 0.5) is 4.79 Å². The maximum Gasteiger partial charge on any atom is 0.342 e. The number of rotatable bonds is 7. The van der Waals surface area contributed by atoms with Gasteiger partial charge < -0.3 is 14.8 Å². The molecular weight excluding hydrogens is 372 g/mol. The van der Waals surface area contributed by atoms with Gasteiger partial charge >= 0.3 is 12.0 Å². The topological polar surface area (TPSA) is 93.7 Å². The SMILES string of the molecule is O=C(COC(=O)c1ccccc1OCc1ccccc1)NC(=O)NC1CCCC1. The van der Waals surface area contributed by atoms with Crippen LogP contribution in [-0.4, -0.2) is 30.6 Å². The van der Waals surface area contributed by atoms with E-state index in [1.54, 1.807) is 24.3 Å². The molecule has 0 spiro atoms. The van der Waals surface area contributed by atoms with Gasteiger partial charge in [-0.05, 0) is 30.5 Å². The van der Waals surface area contributed by atoms with Gasteiger partial charge in [0.2, 0.25) is 0 Å². The Balaban J connectivity index is 1.48. The van der Waals surface area contributed by atoms with Crippen molar-refractivity contribution < 1.29 is 23.9 Å². The summed E-state index contributed by atoms with van der Waals surface area (Å²) in [5.41, 5.74) is 1.18. The van der Waals surface area contributed by atoms with Gasteiger partial charge in [0.15, 0.2) is 6.61 Å². The number of nitrogens with one attached hydrogen (secondary N) is 2. The molecule has 3 rings (SSSR count). The fourth-order valence-electron chi connectivity index (χ4n) is 3.16. The third-order valence-corrected chi connectivity index (χ3v) is 4.62. The zero-order chi connectivity index (χ0) is 20.5. The molecule has 0 heterocycles. The Morgan fingerprint density at radius 3 is 2.38 bits per heavy atom. The molecule has 152 valence electrons. The van der Waals surface area contributed by atoms with Crippen molar-refractivity contribution in [3.05, 3.63) is 65.7 Å². The minimum absolute atomic E-state index is 0.0963. The predicted molar refractivity (Wildman–Crippen MR) is 106 cm³/mol. The van der Waals surface area contributed by atoms with Gasteiger partial charge in [-0.2, -0.15) is 0 Å². The number of esters is 1. The number of para-hydroxylation sites is 1. The molecule has 0 atom stereocenters. The quantitative estimate of drug-likeness (QED) is 0.701. The summed E-state index contributed by atoms with van der Waals surface area (Å²) < 4.78 is 10.8. The van der Waals surface area contributed by atoms with E-state index in [2.05, 4.69) is 10.6 Å². The van der Waals surface area contributed by atoms with Gasteiger partial charge in [0.05, 0.1) is 0 Å². The summed E-state index contributed by atoms with van der Waals surface area (Å²) in [6.07, 6.45) is 3.97. The average molecular weight is 396 g/mol. The van der Waals surface area contributed by atoms with Crippen molar-refractivity contribution in [2.45, 2.75) is 38.3 Å². The Morgan fingerprint density at radius 1 is 0.931 bits per heavy atom. The first-order valence-corrected chi connectivity index (χ1v) is 9.65. The lowest BCUT2D eigenvalue weighted by Gasteiger charge is -2.13. The maximum atomic E-state index is 12.4. The molecule has 2 aromatic rings. The molecule has 1 saturated carbocycles. The first-order valence-electron chi connectivity index (χ1n) is 9.65. The van der Waals surface area contributed by atoms with Crippen LogP contribution in [0, 0.1) is 0 Å². The van der Waals surface area contributed by atoms with E-state index in [4.69, 9.17) is 9.47 Å². The summed E-state index contributed by atoms with van der Waals surface area (Å²) in [5.74, 6) is -1.02. The summed E-state index contributed by atoms with van der Waals surface area (Å²) in [7, 11) is 0. The molecule has 29 heavy (non-hydrogen) atoms. The van der Waals surface area contributed by atoms with Crippen LogP contribution in [0.2, 0.25) is 0 Å². The van der Waals surface area contributed by atoms with E-state index in [0.717, 1.165) is 31.2 Å². The predicted octanol–water partition coefficient (Wildman–Crippen LogP) is 3.19. The third-order valence-electron chi connectivity index (χ3n) is 4.62. The van der Waals surface area contributed by atoms with Gasteiger partial charge in [0.1, 0.15) is 17.9 Å². The smallest absolute Gasteiger partial charge is 0.342 e. The monoisotopic (exact) mass is 396 g/mol. The van der Waals surface area contributed by atoms with Crippen molar-refractivity contribution in [3.63, 3.8) is 0 Å². The zero-order valence-corrected chi connectivity index (χ0v) is 16.1. The lowest BCUT2D eigenvalue weighted by molar-refractivity contribution is -0.123. The van der Waals surface area contributed by atoms with E-state index in [1.165, 1.54) is 0 Å². The van der Waals surface area contributed by atoms with Crippen LogP contribution in [-0.2, 0) is 16.1 Å². The van der Waals surface area contributed by atoms with Crippen LogP contribution in [0.5, 0.6) is 5.75 Å². The number of amides is 3. The molecule has 1 aliphatic rings. The first kappa shape index (κ1) is 20.4. The fourth-order valence-corrected chi connectivity index (χ4v) is 3.16. The number of urea groups is 1. The zero-order valence-electron chi connectivity index (χ0n) is 16.1. The van der Waals surface area contributed by atoms with Gasteiger partial charge in [0, 0.05) is 6.04 Å². The Hall–Kier alpha value is -3.35. The van der Waals surface area contributed by atoms with Crippen LogP contribution < -0.4 is 15.4 Å². The Morgan fingerprint density at radius 2 is 1.62 bits per heavy atom. The highest BCUT2D eigenvalue weighted by Crippen LogP contribution is 2.20. The van der Waals surface area contributed by atoms with Gasteiger partial charge in [-0.15, -0.1) is 0 Å². The van der Waals surface area contributed by atoms with Crippen molar-refractivity contribution in [2.24, 2.45) is 0 Å². The molecule has 2 aromatic carbocycles. The lowest BCUT2D eigenvalue weighted by atomic mass is 10.2. The standard InChI is InChI=1S/C22H24N2O5/c25-20(24-22(27)23-17-10-4-5-11-17)15-29-21(26)18-12-6-7-13-19(18)28-14-16-8-2-1-3-9-16/h1-3,6-9,12-13,17H,4-5,10-11,14-15H2,(H2,23,24,25,27). The molecule has 0 unspecified atom stereocenters. The van der Waals surface area contributed by atoms with Crippen molar-refractivity contribution in [3.8, 4) is 5.75 Å². The highest BCUT2D eigenvalue weighted by molar-refractivity contribution is 5.97. The van der Waals surface area contributed by atoms with E-state index >= 15 is 0 Å². The number of imide groups is 1. The van der Waals surface area contributed by atoms with Crippen molar-refractivity contribution in [2.75, 3.05) is 6.61 Å². The second-order valence-electron chi connectivity index (χ2n) is 6.85. The number of carbonyl (C=O) groups excluding carboxylic acids is 3. The summed E-state index contributed by atoms with van der Waals surface area (Å²) >= 11 is 0. The van der Waals surface area contributed by atoms with E-state index in [0.29, 0.717) is 12.4 Å². The minimum Gasteiger partial charge on any atom is -0.488 e. The number of benzene rings is 2. The van der Waals surface area contributed by atoms with Gasteiger partial charge in [-0.1, -0.05) is 55.3 Å². The summed E-state index contributed by atoms with van der Waals surface area (Å²) in [5, 5.41) is 4.92. The molecular formula is C22H24N2O5. The van der Waals surface area contributed by atoms with Crippen LogP contribution in [0.1, 0.15) is 41.6 Å². The second kappa shape index (κ2) is 10.3. The number of hydrogen-bond acceptors (Lipinski definition) is 5. The number of hydrogen-bond donors (Lipinski definition) is 2. The van der Waals surface area contributed by atoms with E-state index in [1.807, 2.05) is 30.3 Å². The lowest BCUT2D eigenvalue weighted by Crippen LogP contribution is -2.45. The van der Waals surface area contributed by atoms with Gasteiger partial charge in [-0.25, -0.2) is 9.59 Å². The molecule has 0 aliphatic heterocycles. The molecule has 0 saturated heterocycles. The van der Waals surface area contributed by atoms with Crippen molar-refractivity contribution in [1.82, 2.24) is 10.6 Å². The molecule has 0 radical (unpaired) electrons. The molecule has 7 nitrogen and oxygen atoms in total. The van der Waals surface area contributed by atoms with Crippen molar-refractivity contribution in [1.29, 1.82) is 0 Å². The molecule has 3 amide bonds. The molecule has 1 fully saturated rings. The van der Waals surface area contributed by atoms with E-state index in [-0.39, 0.29) is 11.6 Å². The molecule has 0 bridgehead atoms. The van der Waals surface area contributed by atoms with Crippen LogP contribution in [0.3, 0.4) is 0 Å². The summed E-state index contributed by atoms with van der Waals surface area (Å²) in [4.78, 5) is 36.0. The number of carbonyl (C=O) groups is 3. The van der Waals surface area contributed by atoms with Crippen molar-refractivity contribution >= 4 is 17.9 Å². The van der Waals surface area contributed by atoms with Gasteiger partial charge in [0.25, 0.3) is 5.91 Å². The minimum atomic E-state index is -0.694. The highest BCUT2D eigenvalue weighted by Gasteiger charge is 2.19. The van der Waals surface area contributed by atoms with Crippen LogP contribution in [0.15, 0.2) is 54.6 Å². The maximum absolute atomic E-state index is 12.4. The molecule has 2 N–H and O–H groups in total. The van der Waals surface area contributed by atoms with E-state index in [9.17, 15) is 14.4 Å². The third kappa shape index (κ3) is 6.34. The van der Waals surface area contributed by atoms with Gasteiger partial charge in [-0.3, -0.25) is 10.1 Å². The summed E-state index contributed by atoms with van der Waals surface area (Å²) in [6.45, 7) is -0.253. The summed E-state index contributed by atoms with van der Waals surface area (Å²) in [6, 6.07) is 15.7. The Labute approximate surface area is 169 Å². The normalized spacial score (nSPS) is 13.5.